The smallest absolute Gasteiger partial charge is 0.126 e. The summed E-state index contributed by atoms with van der Waals surface area (Å²) in [4.78, 5) is 0.157. The third kappa shape index (κ3) is 4.28. The van der Waals surface area contributed by atoms with E-state index in [0.717, 1.165) is 0 Å². The topological polar surface area (TPSA) is 24.4 Å². The zero-order chi connectivity index (χ0) is 15.1. The van der Waals surface area contributed by atoms with Crippen LogP contribution in [0.4, 0.5) is 0 Å². The first-order valence-electron chi connectivity index (χ1n) is 8.97. The Morgan fingerprint density at radius 3 is 1.91 bits per heavy atom. The van der Waals surface area contributed by atoms with Crippen molar-refractivity contribution in [3.05, 3.63) is 35.9 Å². The lowest BCUT2D eigenvalue weighted by molar-refractivity contribution is 0.384. The van der Waals surface area contributed by atoms with Crippen LogP contribution >= 0.6 is 11.8 Å². The highest BCUT2D eigenvalue weighted by Gasteiger charge is 2.36. The molecule has 0 atom stereocenters. The Morgan fingerprint density at radius 1 is 0.773 bits per heavy atom. The van der Waals surface area contributed by atoms with Gasteiger partial charge in [-0.25, -0.2) is 0 Å². The maximum atomic E-state index is 4.68. The van der Waals surface area contributed by atoms with Crippen LogP contribution in [-0.4, -0.2) is 9.91 Å². The predicted octanol–water partition coefficient (Wildman–Crippen LogP) is 5.69. The molecule has 0 unspecified atom stereocenters. The molecule has 1 spiro atoms. The summed E-state index contributed by atoms with van der Waals surface area (Å²) in [5, 5.41) is 5.85. The van der Waals surface area contributed by atoms with Crippen LogP contribution in [0.15, 0.2) is 35.4 Å². The third-order valence-corrected chi connectivity index (χ3v) is 6.25. The van der Waals surface area contributed by atoms with Crippen molar-refractivity contribution in [1.29, 1.82) is 0 Å². The van der Waals surface area contributed by atoms with Gasteiger partial charge in [0.15, 0.2) is 0 Å². The summed E-state index contributed by atoms with van der Waals surface area (Å²) in [6, 6.07) is 10.6. The van der Waals surface area contributed by atoms with Crippen molar-refractivity contribution in [2.75, 3.05) is 0 Å². The molecule has 2 aliphatic rings. The fourth-order valence-corrected chi connectivity index (χ4v) is 4.78. The highest BCUT2D eigenvalue weighted by molar-refractivity contribution is 8.15. The van der Waals surface area contributed by atoms with Gasteiger partial charge >= 0.3 is 0 Å². The molecule has 1 heterocycles. The van der Waals surface area contributed by atoms with Crippen LogP contribution in [0, 0.1) is 0 Å². The second kappa shape index (κ2) is 8.05. The molecule has 3 heteroatoms. The van der Waals surface area contributed by atoms with E-state index in [-0.39, 0.29) is 4.87 Å². The Balaban J connectivity index is 1.63. The van der Waals surface area contributed by atoms with Crippen molar-refractivity contribution in [1.82, 2.24) is 5.43 Å². The maximum absolute atomic E-state index is 4.68. The zero-order valence-electron chi connectivity index (χ0n) is 13.5. The summed E-state index contributed by atoms with van der Waals surface area (Å²) < 4.78 is 0. The minimum Gasteiger partial charge on any atom is -0.292 e. The second-order valence-corrected chi connectivity index (χ2v) is 8.05. The number of hydrogen-bond donors (Lipinski definition) is 1. The van der Waals surface area contributed by atoms with Gasteiger partial charge < -0.3 is 0 Å². The van der Waals surface area contributed by atoms with Crippen LogP contribution < -0.4 is 5.43 Å². The number of hydrazone groups is 1. The van der Waals surface area contributed by atoms with E-state index in [9.17, 15) is 0 Å². The summed E-state index contributed by atoms with van der Waals surface area (Å²) in [6.07, 6.45) is 15.0. The van der Waals surface area contributed by atoms with Crippen LogP contribution in [0.1, 0.15) is 76.2 Å². The minimum absolute atomic E-state index is 0.157. The molecule has 120 valence electrons. The maximum Gasteiger partial charge on any atom is 0.126 e. The first-order valence-corrected chi connectivity index (χ1v) is 9.79. The molecule has 1 fully saturated rings. The molecular weight excluding hydrogens is 288 g/mol. The highest BCUT2D eigenvalue weighted by Crippen LogP contribution is 2.40. The van der Waals surface area contributed by atoms with Gasteiger partial charge in [-0.15, -0.1) is 0 Å². The molecule has 0 amide bonds. The Morgan fingerprint density at radius 2 is 1.32 bits per heavy atom. The Bertz CT molecular complexity index is 471. The molecule has 1 aromatic rings. The monoisotopic (exact) mass is 316 g/mol. The van der Waals surface area contributed by atoms with Crippen molar-refractivity contribution in [3.8, 4) is 0 Å². The van der Waals surface area contributed by atoms with Crippen molar-refractivity contribution < 1.29 is 0 Å². The molecule has 1 N–H and O–H groups in total. The lowest BCUT2D eigenvalue weighted by Gasteiger charge is -2.28. The standard InChI is InChI=1S/C19H28N2S/c1-2-4-6-11-15-19(16-12-7-5-3-1)21-20-18(22-19)17-13-9-8-10-14-17/h8-10,13-14,21H,1-7,11-12,15-16H2. The number of benzene rings is 1. The molecule has 1 aliphatic carbocycles. The fraction of sp³-hybridized carbons (Fsp3) is 0.632. The minimum atomic E-state index is 0.157. The molecule has 0 saturated heterocycles. The molecule has 0 aromatic heterocycles. The molecule has 22 heavy (non-hydrogen) atoms. The number of rotatable bonds is 1. The van der Waals surface area contributed by atoms with E-state index in [1.807, 2.05) is 11.8 Å². The number of nitrogens with zero attached hydrogens (tertiary/aromatic N) is 1. The Hall–Kier alpha value is -0.960. The van der Waals surface area contributed by atoms with Gasteiger partial charge in [0.05, 0.1) is 0 Å². The van der Waals surface area contributed by atoms with E-state index in [2.05, 4.69) is 40.9 Å². The van der Waals surface area contributed by atoms with Gasteiger partial charge in [-0.05, 0) is 12.8 Å². The summed E-state index contributed by atoms with van der Waals surface area (Å²) in [7, 11) is 0. The summed E-state index contributed by atoms with van der Waals surface area (Å²) in [5.74, 6) is 0. The average molecular weight is 317 g/mol. The van der Waals surface area contributed by atoms with Gasteiger partial charge in [-0.1, -0.05) is 99.9 Å². The van der Waals surface area contributed by atoms with Crippen LogP contribution in [0.5, 0.6) is 0 Å². The molecule has 0 radical (unpaired) electrons. The van der Waals surface area contributed by atoms with E-state index < -0.39 is 0 Å². The van der Waals surface area contributed by atoms with E-state index in [1.54, 1.807) is 0 Å². The lowest BCUT2D eigenvalue weighted by Crippen LogP contribution is -2.35. The largest absolute Gasteiger partial charge is 0.292 e. The van der Waals surface area contributed by atoms with E-state index in [1.165, 1.54) is 81.2 Å². The van der Waals surface area contributed by atoms with Crippen LogP contribution in [0.2, 0.25) is 0 Å². The van der Waals surface area contributed by atoms with E-state index >= 15 is 0 Å². The summed E-state index contributed by atoms with van der Waals surface area (Å²) in [5.41, 5.74) is 4.78. The van der Waals surface area contributed by atoms with Crippen molar-refractivity contribution in [3.63, 3.8) is 0 Å². The molecule has 1 aromatic carbocycles. The molecule has 2 nitrogen and oxygen atoms in total. The lowest BCUT2D eigenvalue weighted by atomic mass is 9.98. The fourth-order valence-electron chi connectivity index (χ4n) is 3.48. The van der Waals surface area contributed by atoms with Crippen molar-refractivity contribution >= 4 is 16.8 Å². The van der Waals surface area contributed by atoms with Crippen molar-refractivity contribution in [2.45, 2.75) is 75.5 Å². The number of hydrogen-bond acceptors (Lipinski definition) is 3. The summed E-state index contributed by atoms with van der Waals surface area (Å²) in [6.45, 7) is 0. The summed E-state index contributed by atoms with van der Waals surface area (Å²) >= 11 is 1.98. The average Bonchev–Trinajstić information content (AvgIpc) is 2.97. The van der Waals surface area contributed by atoms with Crippen LogP contribution in [0.3, 0.4) is 0 Å². The quantitative estimate of drug-likeness (QED) is 0.720. The molecular formula is C19H28N2S. The third-order valence-electron chi connectivity index (χ3n) is 4.84. The normalized spacial score (nSPS) is 23.2. The van der Waals surface area contributed by atoms with Gasteiger partial charge in [-0.3, -0.25) is 5.43 Å². The van der Waals surface area contributed by atoms with Crippen LogP contribution in [-0.2, 0) is 0 Å². The molecule has 1 aliphatic heterocycles. The first kappa shape index (κ1) is 15.9. The molecule has 3 rings (SSSR count). The van der Waals surface area contributed by atoms with Gasteiger partial charge in [0, 0.05) is 5.56 Å². The van der Waals surface area contributed by atoms with Crippen molar-refractivity contribution in [2.24, 2.45) is 5.10 Å². The zero-order valence-corrected chi connectivity index (χ0v) is 14.3. The number of nitrogens with one attached hydrogen (secondary N) is 1. The first-order chi connectivity index (χ1) is 10.9. The predicted molar refractivity (Wildman–Crippen MR) is 97.2 cm³/mol. The van der Waals surface area contributed by atoms with Gasteiger partial charge in [-0.2, -0.15) is 5.10 Å². The van der Waals surface area contributed by atoms with E-state index in [4.69, 9.17) is 0 Å². The highest BCUT2D eigenvalue weighted by atomic mass is 32.2. The Kier molecular flexibility index (Phi) is 5.82. The van der Waals surface area contributed by atoms with Gasteiger partial charge in [0.25, 0.3) is 0 Å². The molecule has 1 saturated carbocycles. The van der Waals surface area contributed by atoms with E-state index in [0.29, 0.717) is 0 Å². The van der Waals surface area contributed by atoms with Gasteiger partial charge in [0.2, 0.25) is 0 Å². The number of thioether (sulfide) groups is 1. The van der Waals surface area contributed by atoms with Gasteiger partial charge in [0.1, 0.15) is 9.91 Å². The Labute approximate surface area is 139 Å². The molecule has 0 bridgehead atoms. The van der Waals surface area contributed by atoms with Crippen LogP contribution in [0.25, 0.3) is 0 Å². The second-order valence-electron chi connectivity index (χ2n) is 6.67. The SMILES string of the molecule is c1ccc(C2=NNC3(CCCCCCCCCCC3)S2)cc1.